The van der Waals surface area contributed by atoms with Crippen molar-refractivity contribution in [3.05, 3.63) is 71.3 Å². The zero-order valence-electron chi connectivity index (χ0n) is 11.9. The van der Waals surface area contributed by atoms with Gasteiger partial charge in [-0.2, -0.15) is 9.49 Å². The summed E-state index contributed by atoms with van der Waals surface area (Å²) in [5, 5.41) is 13.3. The van der Waals surface area contributed by atoms with Crippen molar-refractivity contribution in [1.29, 1.82) is 0 Å². The number of carbonyl (C=O) groups is 1. The van der Waals surface area contributed by atoms with Crippen molar-refractivity contribution in [2.75, 3.05) is 0 Å². The molecular weight excluding hydrogens is 319 g/mol. The third kappa shape index (κ3) is 3.24. The Morgan fingerprint density at radius 1 is 1.17 bits per heavy atom. The number of benzene rings is 2. The van der Waals surface area contributed by atoms with Gasteiger partial charge in [-0.1, -0.05) is 35.9 Å². The average Bonchev–Trinajstić information content (AvgIpc) is 2.88. The second kappa shape index (κ2) is 6.22. The number of halogens is 2. The maximum Gasteiger partial charge on any atom is 0.308 e. The second-order valence-corrected chi connectivity index (χ2v) is 5.44. The minimum Gasteiger partial charge on any atom is -0.481 e. The normalized spacial score (nSPS) is 10.7. The summed E-state index contributed by atoms with van der Waals surface area (Å²) >= 11 is 5.98. The van der Waals surface area contributed by atoms with Crippen LogP contribution in [0.4, 0.5) is 4.39 Å². The molecule has 1 aromatic heterocycles. The molecule has 0 unspecified atom stereocenters. The maximum atomic E-state index is 14.2. The van der Waals surface area contributed by atoms with E-state index in [0.29, 0.717) is 10.7 Å². The van der Waals surface area contributed by atoms with Crippen LogP contribution in [0.15, 0.2) is 54.7 Å². The van der Waals surface area contributed by atoms with Crippen LogP contribution in [-0.4, -0.2) is 20.9 Å². The molecule has 3 aromatic rings. The molecule has 0 radical (unpaired) electrons. The predicted octanol–water partition coefficient (Wildman–Crippen LogP) is 3.96. The lowest BCUT2D eigenvalue weighted by atomic mass is 10.1. The van der Waals surface area contributed by atoms with Gasteiger partial charge in [-0.15, -0.1) is 0 Å². The fourth-order valence-corrected chi connectivity index (χ4v) is 2.48. The van der Waals surface area contributed by atoms with Gasteiger partial charge in [0.25, 0.3) is 0 Å². The van der Waals surface area contributed by atoms with Gasteiger partial charge in [0.2, 0.25) is 5.95 Å². The molecule has 0 atom stereocenters. The van der Waals surface area contributed by atoms with E-state index in [0.717, 1.165) is 15.8 Å². The van der Waals surface area contributed by atoms with Crippen molar-refractivity contribution in [3.63, 3.8) is 0 Å². The lowest BCUT2D eigenvalue weighted by Gasteiger charge is -2.06. The van der Waals surface area contributed by atoms with Crippen LogP contribution in [0.2, 0.25) is 5.02 Å². The molecule has 2 aromatic carbocycles. The zero-order chi connectivity index (χ0) is 16.4. The molecule has 3 rings (SSSR count). The lowest BCUT2D eigenvalue weighted by molar-refractivity contribution is -0.136. The average molecular weight is 331 g/mol. The van der Waals surface area contributed by atoms with Crippen LogP contribution in [0.5, 0.6) is 0 Å². The van der Waals surface area contributed by atoms with Gasteiger partial charge < -0.3 is 5.11 Å². The molecule has 1 heterocycles. The van der Waals surface area contributed by atoms with Crippen molar-refractivity contribution in [1.82, 2.24) is 9.78 Å². The zero-order valence-corrected chi connectivity index (χ0v) is 12.7. The van der Waals surface area contributed by atoms with Crippen molar-refractivity contribution in [2.45, 2.75) is 6.42 Å². The number of carboxylic acid groups (broad SMARTS) is 1. The van der Waals surface area contributed by atoms with E-state index in [4.69, 9.17) is 16.7 Å². The summed E-state index contributed by atoms with van der Waals surface area (Å²) in [6.45, 7) is 0. The number of aromatic nitrogens is 2. The van der Waals surface area contributed by atoms with Crippen LogP contribution >= 0.6 is 11.6 Å². The highest BCUT2D eigenvalue weighted by Gasteiger charge is 2.14. The summed E-state index contributed by atoms with van der Waals surface area (Å²) in [7, 11) is 0. The van der Waals surface area contributed by atoms with Gasteiger partial charge >= 0.3 is 5.97 Å². The van der Waals surface area contributed by atoms with E-state index in [9.17, 15) is 9.18 Å². The third-order valence-electron chi connectivity index (χ3n) is 3.39. The van der Waals surface area contributed by atoms with E-state index < -0.39 is 18.3 Å². The van der Waals surface area contributed by atoms with Crippen molar-refractivity contribution < 1.29 is 14.3 Å². The van der Waals surface area contributed by atoms with Crippen molar-refractivity contribution >= 4 is 17.6 Å². The standard InChI is InChI=1S/C17H12ClFN2O2/c18-14-3-1-2-12(8-14)11-4-6-15(7-5-11)21-17(19)13(10-20-21)9-16(22)23/h1-8,10H,9H2,(H,22,23). The number of rotatable bonds is 4. The molecule has 0 aliphatic heterocycles. The SMILES string of the molecule is O=C(O)Cc1cnn(-c2ccc(-c3cccc(Cl)c3)cc2)c1F. The minimum absolute atomic E-state index is 0.0522. The van der Waals surface area contributed by atoms with Crippen LogP contribution < -0.4 is 0 Å². The molecule has 0 saturated carbocycles. The highest BCUT2D eigenvalue weighted by Crippen LogP contribution is 2.24. The largest absolute Gasteiger partial charge is 0.481 e. The van der Waals surface area contributed by atoms with Crippen LogP contribution in [0.1, 0.15) is 5.56 Å². The summed E-state index contributed by atoms with van der Waals surface area (Å²) in [5.74, 6) is -1.76. The first-order chi connectivity index (χ1) is 11.0. The van der Waals surface area contributed by atoms with Gasteiger partial charge in [0.05, 0.1) is 18.3 Å². The van der Waals surface area contributed by atoms with E-state index >= 15 is 0 Å². The Morgan fingerprint density at radius 2 is 1.91 bits per heavy atom. The minimum atomic E-state index is -1.10. The predicted molar refractivity (Wildman–Crippen MR) is 85.3 cm³/mol. The topological polar surface area (TPSA) is 55.1 Å². The molecule has 0 saturated heterocycles. The van der Waals surface area contributed by atoms with Gasteiger partial charge in [-0.3, -0.25) is 4.79 Å². The summed E-state index contributed by atoms with van der Waals surface area (Å²) in [6, 6.07) is 14.5. The quantitative estimate of drug-likeness (QED) is 0.787. The number of hydrogen-bond donors (Lipinski definition) is 1. The molecule has 1 N–H and O–H groups in total. The Kier molecular flexibility index (Phi) is 4.12. The van der Waals surface area contributed by atoms with Crippen LogP contribution in [0, 0.1) is 5.95 Å². The van der Waals surface area contributed by atoms with Crippen LogP contribution in [0.3, 0.4) is 0 Å². The Hall–Kier alpha value is -2.66. The summed E-state index contributed by atoms with van der Waals surface area (Å²) in [5.41, 5.74) is 2.47. The van der Waals surface area contributed by atoms with E-state index in [-0.39, 0.29) is 5.56 Å². The van der Waals surface area contributed by atoms with Crippen molar-refractivity contribution in [2.24, 2.45) is 0 Å². The maximum absolute atomic E-state index is 14.2. The Balaban J connectivity index is 1.91. The Morgan fingerprint density at radius 3 is 2.57 bits per heavy atom. The number of hydrogen-bond acceptors (Lipinski definition) is 2. The molecule has 0 spiro atoms. The Bertz CT molecular complexity index is 859. The summed E-state index contributed by atoms with van der Waals surface area (Å²) in [4.78, 5) is 10.7. The molecule has 0 bridgehead atoms. The smallest absolute Gasteiger partial charge is 0.308 e. The molecule has 4 nitrogen and oxygen atoms in total. The monoisotopic (exact) mass is 330 g/mol. The molecular formula is C17H12ClFN2O2. The first-order valence-electron chi connectivity index (χ1n) is 6.85. The summed E-state index contributed by atoms with van der Waals surface area (Å²) in [6.07, 6.45) is 0.834. The Labute approximate surface area is 136 Å². The summed E-state index contributed by atoms with van der Waals surface area (Å²) < 4.78 is 15.3. The highest BCUT2D eigenvalue weighted by atomic mass is 35.5. The van der Waals surface area contributed by atoms with E-state index in [2.05, 4.69) is 5.10 Å². The number of nitrogens with zero attached hydrogens (tertiary/aromatic N) is 2. The fourth-order valence-electron chi connectivity index (χ4n) is 2.29. The van der Waals surface area contributed by atoms with E-state index in [1.807, 2.05) is 30.3 Å². The first kappa shape index (κ1) is 15.2. The first-order valence-corrected chi connectivity index (χ1v) is 7.23. The molecule has 116 valence electrons. The number of aliphatic carboxylic acids is 1. The molecule has 0 amide bonds. The number of carboxylic acids is 1. The van der Waals surface area contributed by atoms with Gasteiger partial charge in [-0.05, 0) is 35.4 Å². The van der Waals surface area contributed by atoms with Crippen LogP contribution in [-0.2, 0) is 11.2 Å². The van der Waals surface area contributed by atoms with Crippen LogP contribution in [0.25, 0.3) is 16.8 Å². The molecule has 6 heteroatoms. The van der Waals surface area contributed by atoms with Gasteiger partial charge in [0, 0.05) is 10.6 Å². The lowest BCUT2D eigenvalue weighted by Crippen LogP contribution is -2.04. The van der Waals surface area contributed by atoms with Gasteiger partial charge in [0.15, 0.2) is 0 Å². The highest BCUT2D eigenvalue weighted by molar-refractivity contribution is 6.30. The fraction of sp³-hybridized carbons (Fsp3) is 0.0588. The third-order valence-corrected chi connectivity index (χ3v) is 3.63. The molecule has 23 heavy (non-hydrogen) atoms. The second-order valence-electron chi connectivity index (χ2n) is 5.00. The van der Waals surface area contributed by atoms with Crippen molar-refractivity contribution in [3.8, 4) is 16.8 Å². The molecule has 0 aliphatic rings. The molecule has 0 aliphatic carbocycles. The van der Waals surface area contributed by atoms with Gasteiger partial charge in [0.1, 0.15) is 0 Å². The van der Waals surface area contributed by atoms with Gasteiger partial charge in [-0.25, -0.2) is 4.68 Å². The molecule has 0 fully saturated rings. The van der Waals surface area contributed by atoms with E-state index in [1.54, 1.807) is 18.2 Å². The van der Waals surface area contributed by atoms with E-state index in [1.165, 1.54) is 6.20 Å².